The van der Waals surface area contributed by atoms with Crippen molar-refractivity contribution < 1.29 is 37.0 Å². The van der Waals surface area contributed by atoms with E-state index in [0.29, 0.717) is 11.8 Å². The molecular formula is C24H29F3O5. The zero-order valence-corrected chi connectivity index (χ0v) is 18.1. The van der Waals surface area contributed by atoms with E-state index in [1.807, 2.05) is 0 Å². The van der Waals surface area contributed by atoms with Gasteiger partial charge in [0.2, 0.25) is 0 Å². The Kier molecular flexibility index (Phi) is 8.21. The maximum atomic E-state index is 12.5. The Morgan fingerprint density at radius 2 is 1.41 bits per heavy atom. The van der Waals surface area contributed by atoms with Gasteiger partial charge in [0.05, 0.1) is 5.92 Å². The molecule has 0 atom stereocenters. The molecule has 1 aromatic rings. The van der Waals surface area contributed by atoms with Crippen molar-refractivity contribution in [1.82, 2.24) is 0 Å². The van der Waals surface area contributed by atoms with Crippen molar-refractivity contribution in [2.75, 3.05) is 0 Å². The van der Waals surface area contributed by atoms with Crippen molar-refractivity contribution >= 4 is 11.9 Å². The minimum Gasteiger partial charge on any atom is -0.459 e. The number of ether oxygens (including phenoxy) is 3. The van der Waals surface area contributed by atoms with Crippen LogP contribution in [0.5, 0.6) is 11.5 Å². The number of benzene rings is 1. The highest BCUT2D eigenvalue weighted by Gasteiger charge is 2.34. The van der Waals surface area contributed by atoms with Crippen LogP contribution in [0.4, 0.5) is 13.2 Å². The van der Waals surface area contributed by atoms with Gasteiger partial charge in [-0.05, 0) is 94.4 Å². The molecule has 0 saturated heterocycles. The predicted octanol–water partition coefficient (Wildman–Crippen LogP) is 5.98. The van der Waals surface area contributed by atoms with Gasteiger partial charge in [-0.1, -0.05) is 6.08 Å². The van der Waals surface area contributed by atoms with E-state index in [9.17, 15) is 22.8 Å². The summed E-state index contributed by atoms with van der Waals surface area (Å²) in [5.74, 6) is 0.178. The first-order chi connectivity index (χ1) is 15.2. The summed E-state index contributed by atoms with van der Waals surface area (Å²) in [7, 11) is 0. The molecule has 2 aliphatic carbocycles. The molecule has 0 aromatic heterocycles. The number of esters is 2. The van der Waals surface area contributed by atoms with Crippen molar-refractivity contribution in [1.29, 1.82) is 0 Å². The minimum absolute atomic E-state index is 0.00538. The minimum atomic E-state index is -4.76. The molecule has 0 radical (unpaired) electrons. The number of allylic oxidation sites excluding steroid dienone is 1. The topological polar surface area (TPSA) is 61.8 Å². The molecule has 5 nitrogen and oxygen atoms in total. The molecule has 0 amide bonds. The molecule has 0 N–H and O–H groups in total. The average molecular weight is 454 g/mol. The third-order valence-electron chi connectivity index (χ3n) is 6.35. The summed E-state index contributed by atoms with van der Waals surface area (Å²) < 4.78 is 51.3. The second kappa shape index (κ2) is 10.9. The lowest BCUT2D eigenvalue weighted by atomic mass is 9.70. The van der Waals surface area contributed by atoms with E-state index < -0.39 is 6.36 Å². The molecule has 2 aliphatic rings. The van der Waals surface area contributed by atoms with Gasteiger partial charge in [-0.2, -0.15) is 0 Å². The maximum Gasteiger partial charge on any atom is 0.573 e. The quantitative estimate of drug-likeness (QED) is 0.301. The van der Waals surface area contributed by atoms with Crippen LogP contribution in [0.2, 0.25) is 0 Å². The highest BCUT2D eigenvalue weighted by atomic mass is 19.4. The Hall–Kier alpha value is -2.51. The Morgan fingerprint density at radius 1 is 0.875 bits per heavy atom. The first-order valence-electron chi connectivity index (χ1n) is 11.1. The number of alkyl halides is 3. The molecule has 0 unspecified atom stereocenters. The fourth-order valence-corrected chi connectivity index (χ4v) is 4.75. The van der Waals surface area contributed by atoms with Crippen LogP contribution in [0.25, 0.3) is 0 Å². The molecule has 32 heavy (non-hydrogen) atoms. The van der Waals surface area contributed by atoms with Gasteiger partial charge in [0.25, 0.3) is 0 Å². The third-order valence-corrected chi connectivity index (χ3v) is 6.35. The van der Waals surface area contributed by atoms with Gasteiger partial charge in [0.15, 0.2) is 0 Å². The van der Waals surface area contributed by atoms with Gasteiger partial charge in [-0.15, -0.1) is 13.2 Å². The van der Waals surface area contributed by atoms with Crippen LogP contribution >= 0.6 is 0 Å². The van der Waals surface area contributed by atoms with Crippen molar-refractivity contribution in [2.24, 2.45) is 17.8 Å². The lowest BCUT2D eigenvalue weighted by molar-refractivity contribution is -0.274. The summed E-state index contributed by atoms with van der Waals surface area (Å²) in [4.78, 5) is 24.1. The van der Waals surface area contributed by atoms with E-state index in [1.54, 1.807) is 13.0 Å². The molecule has 3 rings (SSSR count). The molecule has 2 saturated carbocycles. The maximum absolute atomic E-state index is 12.5. The number of hydrogen-bond acceptors (Lipinski definition) is 5. The number of carbonyl (C=O) groups is 2. The second-order valence-corrected chi connectivity index (χ2v) is 8.53. The SMILES string of the molecule is CC=CC(=O)OC1CCC(C2CCC(C(=O)Oc3ccc(OC(F)(F)F)cc3)CC2)CC1. The van der Waals surface area contributed by atoms with Gasteiger partial charge in [-0.25, -0.2) is 4.79 Å². The molecule has 0 aliphatic heterocycles. The molecule has 0 spiro atoms. The summed E-state index contributed by atoms with van der Waals surface area (Å²) in [5.41, 5.74) is 0. The van der Waals surface area contributed by atoms with Crippen LogP contribution in [-0.2, 0) is 14.3 Å². The molecular weight excluding hydrogens is 425 g/mol. The fourth-order valence-electron chi connectivity index (χ4n) is 4.75. The standard InChI is InChI=1S/C24H29F3O5/c1-2-3-22(28)30-19-10-8-17(9-11-19)16-4-6-18(7-5-16)23(29)31-20-12-14-21(15-13-20)32-24(25,26)27/h2-3,12-19H,4-11H2,1H3. The van der Waals surface area contributed by atoms with Gasteiger partial charge in [0, 0.05) is 6.08 Å². The Morgan fingerprint density at radius 3 is 1.94 bits per heavy atom. The smallest absolute Gasteiger partial charge is 0.459 e. The van der Waals surface area contributed by atoms with E-state index >= 15 is 0 Å². The number of hydrogen-bond donors (Lipinski definition) is 0. The summed E-state index contributed by atoms with van der Waals surface area (Å²) in [6.07, 6.45) is 5.56. The average Bonchev–Trinajstić information content (AvgIpc) is 2.75. The molecule has 1 aromatic carbocycles. The van der Waals surface area contributed by atoms with Crippen molar-refractivity contribution in [3.63, 3.8) is 0 Å². The Bertz CT molecular complexity index is 787. The normalized spacial score (nSPS) is 26.5. The highest BCUT2D eigenvalue weighted by molar-refractivity contribution is 5.81. The largest absolute Gasteiger partial charge is 0.573 e. The zero-order valence-electron chi connectivity index (χ0n) is 18.1. The summed E-state index contributed by atoms with van der Waals surface area (Å²) in [6, 6.07) is 4.84. The summed E-state index contributed by atoms with van der Waals surface area (Å²) in [6.45, 7) is 1.79. The van der Waals surface area contributed by atoms with Crippen molar-refractivity contribution in [2.45, 2.75) is 70.8 Å². The van der Waals surface area contributed by atoms with Crippen LogP contribution in [-0.4, -0.2) is 24.4 Å². The predicted molar refractivity (Wildman–Crippen MR) is 111 cm³/mol. The monoisotopic (exact) mass is 454 g/mol. The van der Waals surface area contributed by atoms with Crippen LogP contribution in [0.15, 0.2) is 36.4 Å². The first-order valence-corrected chi connectivity index (χ1v) is 11.1. The van der Waals surface area contributed by atoms with Gasteiger partial charge < -0.3 is 14.2 Å². The van der Waals surface area contributed by atoms with Gasteiger partial charge in [0.1, 0.15) is 17.6 Å². The zero-order chi connectivity index (χ0) is 23.1. The van der Waals surface area contributed by atoms with Crippen LogP contribution in [0.1, 0.15) is 58.3 Å². The number of halogens is 3. The van der Waals surface area contributed by atoms with Crippen LogP contribution < -0.4 is 9.47 Å². The first kappa shape index (κ1) is 24.1. The lowest BCUT2D eigenvalue weighted by Crippen LogP contribution is -2.31. The third kappa shape index (κ3) is 7.28. The van der Waals surface area contributed by atoms with Gasteiger partial charge in [-0.3, -0.25) is 4.79 Å². The van der Waals surface area contributed by atoms with E-state index in [0.717, 1.165) is 63.5 Å². The van der Waals surface area contributed by atoms with Crippen molar-refractivity contribution in [3.05, 3.63) is 36.4 Å². The summed E-state index contributed by atoms with van der Waals surface area (Å²) in [5, 5.41) is 0. The summed E-state index contributed by atoms with van der Waals surface area (Å²) >= 11 is 0. The Balaban J connectivity index is 1.40. The van der Waals surface area contributed by atoms with Crippen LogP contribution in [0, 0.1) is 17.8 Å². The highest BCUT2D eigenvalue weighted by Crippen LogP contribution is 2.41. The molecule has 2 fully saturated rings. The van der Waals surface area contributed by atoms with E-state index in [4.69, 9.17) is 9.47 Å². The van der Waals surface area contributed by atoms with Gasteiger partial charge >= 0.3 is 18.3 Å². The van der Waals surface area contributed by atoms with Crippen LogP contribution in [0.3, 0.4) is 0 Å². The van der Waals surface area contributed by atoms with E-state index in [1.165, 1.54) is 18.2 Å². The molecule has 8 heteroatoms. The Labute approximate surface area is 185 Å². The van der Waals surface area contributed by atoms with E-state index in [2.05, 4.69) is 4.74 Å². The molecule has 176 valence electrons. The number of rotatable bonds is 6. The number of carbonyl (C=O) groups excluding carboxylic acids is 2. The van der Waals surface area contributed by atoms with Crippen molar-refractivity contribution in [3.8, 4) is 11.5 Å². The second-order valence-electron chi connectivity index (χ2n) is 8.53. The molecule has 0 heterocycles. The van der Waals surface area contributed by atoms with E-state index in [-0.39, 0.29) is 35.5 Å². The fraction of sp³-hybridized carbons (Fsp3) is 0.583. The lowest BCUT2D eigenvalue weighted by Gasteiger charge is -2.37. The molecule has 0 bridgehead atoms.